The number of hydrogen-bond donors (Lipinski definition) is 1. The van der Waals surface area contributed by atoms with Crippen LogP contribution in [0.4, 0.5) is 19.0 Å². The highest BCUT2D eigenvalue weighted by molar-refractivity contribution is 5.64. The number of nitrogen functional groups attached to an aromatic ring is 1. The number of morpholine rings is 1. The van der Waals surface area contributed by atoms with Crippen molar-refractivity contribution in [2.45, 2.75) is 43.1 Å². The first kappa shape index (κ1) is 19.2. The van der Waals surface area contributed by atoms with E-state index in [4.69, 9.17) is 15.5 Å². The first-order valence-electron chi connectivity index (χ1n) is 11.3. The van der Waals surface area contributed by atoms with E-state index in [1.54, 1.807) is 0 Å². The number of hydrogen-bond acceptors (Lipinski definition) is 6. The normalized spacial score (nSPS) is 35.6. The number of pyridine rings is 1. The molecule has 2 bridgehead atoms. The molecular formula is C22H24F3N5O2. The molecule has 0 radical (unpaired) electrons. The number of alkyl halides is 3. The minimum Gasteiger partial charge on any atom is -0.402 e. The van der Waals surface area contributed by atoms with Crippen LogP contribution < -0.4 is 10.5 Å². The van der Waals surface area contributed by atoms with Crippen LogP contribution in [0.3, 0.4) is 0 Å². The second kappa shape index (κ2) is 6.17. The summed E-state index contributed by atoms with van der Waals surface area (Å²) in [4.78, 5) is 11.4. The van der Waals surface area contributed by atoms with Gasteiger partial charge in [0.15, 0.2) is 11.6 Å². The summed E-state index contributed by atoms with van der Waals surface area (Å²) in [6.07, 6.45) is 2.13. The Labute approximate surface area is 182 Å². The van der Waals surface area contributed by atoms with Gasteiger partial charge in [-0.2, -0.15) is 0 Å². The van der Waals surface area contributed by atoms with Gasteiger partial charge < -0.3 is 19.8 Å². The molecule has 5 atom stereocenters. The second-order valence-corrected chi connectivity index (χ2v) is 9.78. The van der Waals surface area contributed by atoms with Crippen LogP contribution in [0.2, 0.25) is 0 Å². The topological polar surface area (TPSA) is 78.4 Å². The molecule has 170 valence electrons. The number of aromatic nitrogens is 3. The molecule has 6 aliphatic rings. The molecule has 8 rings (SSSR count). The van der Waals surface area contributed by atoms with Gasteiger partial charge in [-0.1, -0.05) is 0 Å². The predicted molar refractivity (Wildman–Crippen MR) is 108 cm³/mol. The SMILES string of the molecule is Nc1ncc(-c2cn([C@]34C5C(N6CCOCC6)C[C@@H]3[C@H]54)c(C3CC3)n2)cc1OC(F)(F)F. The van der Waals surface area contributed by atoms with Crippen molar-refractivity contribution >= 4 is 5.82 Å². The third-order valence-electron chi connectivity index (χ3n) is 8.18. The number of nitrogens with zero attached hydrogens (tertiary/aromatic N) is 4. The molecule has 0 aromatic carbocycles. The fraction of sp³-hybridized carbons (Fsp3) is 0.636. The highest BCUT2D eigenvalue weighted by atomic mass is 19.4. The number of rotatable bonds is 5. The third kappa shape index (κ3) is 2.62. The Bertz CT molecular complexity index is 1090. The molecule has 5 aliphatic carbocycles. The monoisotopic (exact) mass is 447 g/mol. The highest BCUT2D eigenvalue weighted by Gasteiger charge is 2.94. The summed E-state index contributed by atoms with van der Waals surface area (Å²) < 4.78 is 50.3. The molecule has 0 amide bonds. The van der Waals surface area contributed by atoms with Crippen LogP contribution in [0, 0.1) is 17.8 Å². The average Bonchev–Trinajstić information content (AvgIpc) is 3.70. The molecule has 5 saturated carbocycles. The standard InChI is InChI=1S/C22H24F3N5O2/c23-22(24,25)32-16-7-12(9-27-19(16)26)14-10-30(20(28-14)11-1-2-11)21-13-8-15(18(21)17(13)21)29-3-5-31-6-4-29/h7,9-11,13,15,17-18H,1-6,8H2,(H2,26,27)/t13-,15?,17-,18?,21-/m1/s1. The number of fused-ring (bicyclic) bond motifs is 1. The molecule has 2 N–H and O–H groups in total. The zero-order valence-electron chi connectivity index (χ0n) is 17.4. The van der Waals surface area contributed by atoms with Crippen molar-refractivity contribution in [3.63, 3.8) is 0 Å². The maximum atomic E-state index is 12.8. The van der Waals surface area contributed by atoms with Gasteiger partial charge in [0, 0.05) is 48.9 Å². The first-order chi connectivity index (χ1) is 15.4. The van der Waals surface area contributed by atoms with Crippen molar-refractivity contribution in [3.8, 4) is 17.0 Å². The molecule has 1 aliphatic heterocycles. The van der Waals surface area contributed by atoms with E-state index in [2.05, 4.69) is 19.2 Å². The minimum absolute atomic E-state index is 0.165. The molecule has 7 nitrogen and oxygen atoms in total. The predicted octanol–water partition coefficient (Wildman–Crippen LogP) is 2.98. The number of imidazole rings is 1. The number of halogens is 3. The molecule has 2 aromatic heterocycles. The molecule has 32 heavy (non-hydrogen) atoms. The summed E-state index contributed by atoms with van der Waals surface area (Å²) in [6.45, 7) is 3.61. The Morgan fingerprint density at radius 2 is 1.97 bits per heavy atom. The molecular weight excluding hydrogens is 423 g/mol. The van der Waals surface area contributed by atoms with Gasteiger partial charge in [0.25, 0.3) is 0 Å². The summed E-state index contributed by atoms with van der Waals surface area (Å²) >= 11 is 0. The van der Waals surface area contributed by atoms with Crippen LogP contribution in [-0.4, -0.2) is 58.1 Å². The van der Waals surface area contributed by atoms with Gasteiger partial charge in [-0.05, 0) is 37.2 Å². The molecule has 10 heteroatoms. The zero-order valence-corrected chi connectivity index (χ0v) is 17.4. The molecule has 6 fully saturated rings. The van der Waals surface area contributed by atoms with E-state index in [1.165, 1.54) is 18.7 Å². The lowest BCUT2D eigenvalue weighted by atomic mass is 10.1. The summed E-state index contributed by atoms with van der Waals surface area (Å²) in [6, 6.07) is 1.90. The number of ether oxygens (including phenoxy) is 2. The van der Waals surface area contributed by atoms with Crippen molar-refractivity contribution in [1.29, 1.82) is 0 Å². The van der Waals surface area contributed by atoms with E-state index in [0.29, 0.717) is 41.0 Å². The Morgan fingerprint density at radius 1 is 1.19 bits per heavy atom. The van der Waals surface area contributed by atoms with Crippen LogP contribution in [0.5, 0.6) is 5.75 Å². The largest absolute Gasteiger partial charge is 0.573 e. The van der Waals surface area contributed by atoms with Crippen LogP contribution >= 0.6 is 0 Å². The first-order valence-corrected chi connectivity index (χ1v) is 11.3. The van der Waals surface area contributed by atoms with E-state index in [-0.39, 0.29) is 11.4 Å². The Morgan fingerprint density at radius 3 is 2.66 bits per heavy atom. The summed E-state index contributed by atoms with van der Waals surface area (Å²) in [7, 11) is 0. The Kier molecular flexibility index (Phi) is 3.69. The van der Waals surface area contributed by atoms with E-state index < -0.39 is 12.1 Å². The van der Waals surface area contributed by atoms with Gasteiger partial charge in [0.05, 0.1) is 24.4 Å². The second-order valence-electron chi connectivity index (χ2n) is 9.78. The number of nitrogens with two attached hydrogens (primary N) is 1. The van der Waals surface area contributed by atoms with E-state index in [9.17, 15) is 13.2 Å². The van der Waals surface area contributed by atoms with Crippen LogP contribution in [0.25, 0.3) is 11.3 Å². The third-order valence-corrected chi connectivity index (χ3v) is 8.18. The van der Waals surface area contributed by atoms with Crippen LogP contribution in [0.15, 0.2) is 18.5 Å². The number of anilines is 1. The van der Waals surface area contributed by atoms with Gasteiger partial charge >= 0.3 is 6.36 Å². The molecule has 2 aromatic rings. The molecule has 2 unspecified atom stereocenters. The van der Waals surface area contributed by atoms with Gasteiger partial charge in [-0.3, -0.25) is 4.90 Å². The van der Waals surface area contributed by atoms with Gasteiger partial charge in [-0.15, -0.1) is 13.2 Å². The average molecular weight is 447 g/mol. The van der Waals surface area contributed by atoms with Crippen LogP contribution in [-0.2, 0) is 10.3 Å². The van der Waals surface area contributed by atoms with Gasteiger partial charge in [0.1, 0.15) is 5.82 Å². The summed E-state index contributed by atoms with van der Waals surface area (Å²) in [5.74, 6) is 2.79. The van der Waals surface area contributed by atoms with Crippen molar-refractivity contribution in [2.75, 3.05) is 32.0 Å². The highest BCUT2D eigenvalue weighted by Crippen LogP contribution is 2.89. The molecule has 1 saturated heterocycles. The van der Waals surface area contributed by atoms with Crippen molar-refractivity contribution < 1.29 is 22.6 Å². The lowest BCUT2D eigenvalue weighted by molar-refractivity contribution is -0.274. The van der Waals surface area contributed by atoms with Crippen LogP contribution in [0.1, 0.15) is 31.0 Å². The van der Waals surface area contributed by atoms with E-state index in [0.717, 1.165) is 45.0 Å². The maximum Gasteiger partial charge on any atom is 0.573 e. The quantitative estimate of drug-likeness (QED) is 0.760. The summed E-state index contributed by atoms with van der Waals surface area (Å²) in [5, 5.41) is 0. The summed E-state index contributed by atoms with van der Waals surface area (Å²) in [5.41, 5.74) is 6.91. The van der Waals surface area contributed by atoms with Crippen molar-refractivity contribution in [2.24, 2.45) is 17.8 Å². The smallest absolute Gasteiger partial charge is 0.402 e. The van der Waals surface area contributed by atoms with E-state index in [1.807, 2.05) is 6.20 Å². The van der Waals surface area contributed by atoms with Gasteiger partial charge in [0.2, 0.25) is 0 Å². The lowest BCUT2D eigenvalue weighted by Gasteiger charge is -2.32. The zero-order chi connectivity index (χ0) is 21.8. The molecule has 3 heterocycles. The Hall–Kier alpha value is -2.33. The van der Waals surface area contributed by atoms with Gasteiger partial charge in [-0.25, -0.2) is 9.97 Å². The fourth-order valence-corrected chi connectivity index (χ4v) is 6.67. The Balaban J connectivity index is 1.21. The lowest BCUT2D eigenvalue weighted by Crippen LogP contribution is -2.43. The minimum atomic E-state index is -4.82. The van der Waals surface area contributed by atoms with Crippen molar-refractivity contribution in [1.82, 2.24) is 19.4 Å². The van der Waals surface area contributed by atoms with Crippen molar-refractivity contribution in [3.05, 3.63) is 24.3 Å². The van der Waals surface area contributed by atoms with E-state index >= 15 is 0 Å². The molecule has 0 spiro atoms. The fourth-order valence-electron chi connectivity index (χ4n) is 6.67. The maximum absolute atomic E-state index is 12.8.